The van der Waals surface area contributed by atoms with Gasteiger partial charge in [-0.15, -0.1) is 0 Å². The fourth-order valence-electron chi connectivity index (χ4n) is 2.04. The number of para-hydroxylation sites is 1. The summed E-state index contributed by atoms with van der Waals surface area (Å²) in [5, 5.41) is 6.31. The number of anilines is 1. The highest BCUT2D eigenvalue weighted by Crippen LogP contribution is 2.21. The fourth-order valence-corrected chi connectivity index (χ4v) is 2.36. The molecule has 0 saturated heterocycles. The van der Waals surface area contributed by atoms with Crippen molar-refractivity contribution in [2.24, 2.45) is 0 Å². The number of carbonyl (C=O) groups is 1. The SMILES string of the molecule is CSCCNC1CCc2ccccc2NC1=O. The number of carbonyl (C=O) groups excluding carboxylic acids is 1. The maximum absolute atomic E-state index is 12.0. The zero-order valence-corrected chi connectivity index (χ0v) is 10.8. The van der Waals surface area contributed by atoms with E-state index in [4.69, 9.17) is 0 Å². The van der Waals surface area contributed by atoms with Crippen molar-refractivity contribution >= 4 is 23.4 Å². The van der Waals surface area contributed by atoms with Crippen LogP contribution in [-0.2, 0) is 11.2 Å². The predicted octanol–water partition coefficient (Wildman–Crippen LogP) is 1.89. The first-order valence-electron chi connectivity index (χ1n) is 5.92. The maximum Gasteiger partial charge on any atom is 0.241 e. The molecule has 4 heteroatoms. The smallest absolute Gasteiger partial charge is 0.241 e. The molecule has 3 nitrogen and oxygen atoms in total. The van der Waals surface area contributed by atoms with E-state index in [9.17, 15) is 4.79 Å². The van der Waals surface area contributed by atoms with Gasteiger partial charge in [-0.1, -0.05) is 18.2 Å². The van der Waals surface area contributed by atoms with Crippen LogP contribution in [0.2, 0.25) is 0 Å². The van der Waals surface area contributed by atoms with Crippen molar-refractivity contribution in [2.45, 2.75) is 18.9 Å². The number of hydrogen-bond acceptors (Lipinski definition) is 3. The van der Waals surface area contributed by atoms with Gasteiger partial charge in [-0.25, -0.2) is 0 Å². The number of fused-ring (bicyclic) bond motifs is 1. The summed E-state index contributed by atoms with van der Waals surface area (Å²) in [5.74, 6) is 1.13. The number of nitrogens with one attached hydrogen (secondary N) is 2. The molecule has 0 bridgehead atoms. The minimum Gasteiger partial charge on any atom is -0.324 e. The minimum absolute atomic E-state index is 0.0606. The largest absolute Gasteiger partial charge is 0.324 e. The highest BCUT2D eigenvalue weighted by molar-refractivity contribution is 7.98. The molecule has 0 spiro atoms. The quantitative estimate of drug-likeness (QED) is 0.802. The van der Waals surface area contributed by atoms with Crippen LogP contribution in [-0.4, -0.2) is 30.5 Å². The highest BCUT2D eigenvalue weighted by atomic mass is 32.2. The number of hydrogen-bond donors (Lipinski definition) is 2. The molecule has 1 atom stereocenters. The predicted molar refractivity (Wildman–Crippen MR) is 73.6 cm³/mol. The zero-order valence-electron chi connectivity index (χ0n) is 10.0. The van der Waals surface area contributed by atoms with Crippen LogP contribution < -0.4 is 10.6 Å². The Balaban J connectivity index is 2.00. The van der Waals surface area contributed by atoms with Gasteiger partial charge in [0, 0.05) is 18.0 Å². The molecule has 1 aromatic carbocycles. The van der Waals surface area contributed by atoms with Crippen LogP contribution >= 0.6 is 11.8 Å². The van der Waals surface area contributed by atoms with E-state index >= 15 is 0 Å². The van der Waals surface area contributed by atoms with Gasteiger partial charge in [-0.2, -0.15) is 11.8 Å². The molecule has 1 aromatic rings. The summed E-state index contributed by atoms with van der Waals surface area (Å²) in [6.07, 6.45) is 3.90. The summed E-state index contributed by atoms with van der Waals surface area (Å²) in [4.78, 5) is 12.0. The number of amides is 1. The van der Waals surface area contributed by atoms with E-state index < -0.39 is 0 Å². The van der Waals surface area contributed by atoms with E-state index in [-0.39, 0.29) is 11.9 Å². The minimum atomic E-state index is -0.0606. The third-order valence-corrected chi connectivity index (χ3v) is 3.60. The van der Waals surface area contributed by atoms with Crippen LogP contribution in [0.3, 0.4) is 0 Å². The van der Waals surface area contributed by atoms with Gasteiger partial charge >= 0.3 is 0 Å². The number of thioether (sulfide) groups is 1. The molecule has 92 valence electrons. The molecule has 0 aromatic heterocycles. The first-order chi connectivity index (χ1) is 8.31. The van der Waals surface area contributed by atoms with Gasteiger partial charge in [0.15, 0.2) is 0 Å². The fraction of sp³-hybridized carbons (Fsp3) is 0.462. The third-order valence-electron chi connectivity index (χ3n) is 2.99. The van der Waals surface area contributed by atoms with Crippen LogP contribution in [0, 0.1) is 0 Å². The second kappa shape index (κ2) is 6.07. The lowest BCUT2D eigenvalue weighted by atomic mass is 10.1. The Morgan fingerprint density at radius 2 is 2.29 bits per heavy atom. The first-order valence-corrected chi connectivity index (χ1v) is 7.31. The molecule has 17 heavy (non-hydrogen) atoms. The Kier molecular flexibility index (Phi) is 4.45. The summed E-state index contributed by atoms with van der Waals surface area (Å²) in [7, 11) is 0. The number of benzene rings is 1. The molecule has 2 rings (SSSR count). The van der Waals surface area contributed by atoms with Crippen molar-refractivity contribution in [1.29, 1.82) is 0 Å². The Bertz CT molecular complexity index is 395. The monoisotopic (exact) mass is 250 g/mol. The van der Waals surface area contributed by atoms with Gasteiger partial charge < -0.3 is 10.6 Å². The van der Waals surface area contributed by atoms with E-state index in [1.807, 2.05) is 18.2 Å². The molecule has 0 aliphatic carbocycles. The molecule has 0 fully saturated rings. The standard InChI is InChI=1S/C13H18N2OS/c1-17-9-8-14-12-7-6-10-4-2-3-5-11(10)15-13(12)16/h2-5,12,14H,6-9H2,1H3,(H,15,16). The van der Waals surface area contributed by atoms with E-state index in [1.54, 1.807) is 11.8 Å². The van der Waals surface area contributed by atoms with E-state index in [2.05, 4.69) is 23.0 Å². The Labute approximate surface area is 106 Å². The summed E-state index contributed by atoms with van der Waals surface area (Å²) < 4.78 is 0. The molecule has 1 heterocycles. The van der Waals surface area contributed by atoms with Gasteiger partial charge in [0.05, 0.1) is 6.04 Å². The van der Waals surface area contributed by atoms with Crippen molar-refractivity contribution in [3.63, 3.8) is 0 Å². The van der Waals surface area contributed by atoms with Crippen LogP contribution in [0.15, 0.2) is 24.3 Å². The molecule has 1 unspecified atom stereocenters. The van der Waals surface area contributed by atoms with Crippen LogP contribution in [0.4, 0.5) is 5.69 Å². The van der Waals surface area contributed by atoms with Gasteiger partial charge in [-0.05, 0) is 30.7 Å². The molecular formula is C13H18N2OS. The van der Waals surface area contributed by atoms with Crippen molar-refractivity contribution in [1.82, 2.24) is 5.32 Å². The van der Waals surface area contributed by atoms with Crippen molar-refractivity contribution in [3.05, 3.63) is 29.8 Å². The zero-order chi connectivity index (χ0) is 12.1. The summed E-state index contributed by atoms with van der Waals surface area (Å²) in [6, 6.07) is 7.97. The molecule has 1 aliphatic rings. The lowest BCUT2D eigenvalue weighted by molar-refractivity contribution is -0.118. The van der Waals surface area contributed by atoms with Crippen molar-refractivity contribution < 1.29 is 4.79 Å². The van der Waals surface area contributed by atoms with Crippen molar-refractivity contribution in [2.75, 3.05) is 23.9 Å². The summed E-state index contributed by atoms with van der Waals surface area (Å²) in [6.45, 7) is 0.885. The number of rotatable bonds is 4. The highest BCUT2D eigenvalue weighted by Gasteiger charge is 2.22. The van der Waals surface area contributed by atoms with Crippen LogP contribution in [0.25, 0.3) is 0 Å². The van der Waals surface area contributed by atoms with Gasteiger partial charge in [0.1, 0.15) is 0 Å². The third kappa shape index (κ3) is 3.23. The summed E-state index contributed by atoms with van der Waals surface area (Å²) in [5.41, 5.74) is 2.20. The average Bonchev–Trinajstić information content (AvgIpc) is 2.49. The maximum atomic E-state index is 12.0. The summed E-state index contributed by atoms with van der Waals surface area (Å²) >= 11 is 1.79. The molecule has 2 N–H and O–H groups in total. The lowest BCUT2D eigenvalue weighted by Gasteiger charge is -2.14. The van der Waals surface area contributed by atoms with Crippen LogP contribution in [0.5, 0.6) is 0 Å². The van der Waals surface area contributed by atoms with Crippen LogP contribution in [0.1, 0.15) is 12.0 Å². The molecular weight excluding hydrogens is 232 g/mol. The normalized spacial score (nSPS) is 19.4. The second-order valence-electron chi connectivity index (χ2n) is 4.18. The Morgan fingerprint density at radius 3 is 3.12 bits per heavy atom. The lowest BCUT2D eigenvalue weighted by Crippen LogP contribution is -2.40. The Morgan fingerprint density at radius 1 is 1.47 bits per heavy atom. The number of aryl methyl sites for hydroxylation is 1. The van der Waals surface area contributed by atoms with E-state index in [1.165, 1.54) is 5.56 Å². The molecule has 1 aliphatic heterocycles. The average molecular weight is 250 g/mol. The van der Waals surface area contributed by atoms with Gasteiger partial charge in [-0.3, -0.25) is 4.79 Å². The first kappa shape index (κ1) is 12.5. The molecule has 0 saturated carbocycles. The van der Waals surface area contributed by atoms with Crippen molar-refractivity contribution in [3.8, 4) is 0 Å². The Hall–Kier alpha value is -1.00. The van der Waals surface area contributed by atoms with E-state index in [0.717, 1.165) is 30.8 Å². The van der Waals surface area contributed by atoms with Gasteiger partial charge in [0.2, 0.25) is 5.91 Å². The van der Waals surface area contributed by atoms with E-state index in [0.29, 0.717) is 0 Å². The topological polar surface area (TPSA) is 41.1 Å². The molecule has 0 radical (unpaired) electrons. The van der Waals surface area contributed by atoms with Gasteiger partial charge in [0.25, 0.3) is 0 Å². The molecule has 1 amide bonds. The second-order valence-corrected chi connectivity index (χ2v) is 5.17.